The molecule has 0 atom stereocenters. The summed E-state index contributed by atoms with van der Waals surface area (Å²) in [7, 11) is 0. The standard InChI is InChI=1S/C9H8N2O2/c1-2-6-3-4-8(7(10)5-6)11-9(12)13/h1,3-5,11H,10H2,(H,12,13). The Morgan fingerprint density at radius 3 is 2.77 bits per heavy atom. The van der Waals surface area contributed by atoms with Crippen LogP contribution in [0.5, 0.6) is 0 Å². The highest BCUT2D eigenvalue weighted by Crippen LogP contribution is 2.18. The molecule has 13 heavy (non-hydrogen) atoms. The number of hydrogen-bond acceptors (Lipinski definition) is 2. The molecule has 1 amide bonds. The second-order valence-corrected chi connectivity index (χ2v) is 2.38. The number of amides is 1. The van der Waals surface area contributed by atoms with Crippen molar-refractivity contribution in [3.05, 3.63) is 23.8 Å². The van der Waals surface area contributed by atoms with Gasteiger partial charge in [0.2, 0.25) is 0 Å². The zero-order valence-electron chi connectivity index (χ0n) is 6.74. The molecule has 0 radical (unpaired) electrons. The molecule has 0 bridgehead atoms. The first-order valence-electron chi connectivity index (χ1n) is 3.49. The number of rotatable bonds is 1. The molecule has 4 nitrogen and oxygen atoms in total. The van der Waals surface area contributed by atoms with Crippen molar-refractivity contribution in [2.75, 3.05) is 11.1 Å². The van der Waals surface area contributed by atoms with E-state index in [4.69, 9.17) is 17.3 Å². The molecule has 1 aromatic carbocycles. The summed E-state index contributed by atoms with van der Waals surface area (Å²) in [4.78, 5) is 10.3. The van der Waals surface area contributed by atoms with Gasteiger partial charge in [-0.2, -0.15) is 0 Å². The lowest BCUT2D eigenvalue weighted by atomic mass is 10.2. The number of carbonyl (C=O) groups is 1. The molecule has 0 aromatic heterocycles. The van der Waals surface area contributed by atoms with Crippen molar-refractivity contribution in [1.82, 2.24) is 0 Å². The van der Waals surface area contributed by atoms with Crippen molar-refractivity contribution in [3.63, 3.8) is 0 Å². The first-order valence-corrected chi connectivity index (χ1v) is 3.49. The van der Waals surface area contributed by atoms with E-state index in [0.29, 0.717) is 16.9 Å². The highest BCUT2D eigenvalue weighted by Gasteiger charge is 2.02. The van der Waals surface area contributed by atoms with Crippen molar-refractivity contribution >= 4 is 17.5 Å². The second-order valence-electron chi connectivity index (χ2n) is 2.38. The molecule has 4 N–H and O–H groups in total. The molecule has 66 valence electrons. The van der Waals surface area contributed by atoms with Crippen LogP contribution in [0.15, 0.2) is 18.2 Å². The second kappa shape index (κ2) is 3.50. The van der Waals surface area contributed by atoms with Crippen molar-refractivity contribution in [3.8, 4) is 12.3 Å². The van der Waals surface area contributed by atoms with E-state index in [1.54, 1.807) is 6.07 Å². The van der Waals surface area contributed by atoms with Gasteiger partial charge in [-0.25, -0.2) is 4.79 Å². The van der Waals surface area contributed by atoms with Crippen LogP contribution in [0.3, 0.4) is 0 Å². The maximum absolute atomic E-state index is 10.3. The number of anilines is 2. The van der Waals surface area contributed by atoms with Gasteiger partial charge in [0.05, 0.1) is 11.4 Å². The summed E-state index contributed by atoms with van der Waals surface area (Å²) in [6, 6.07) is 4.67. The quantitative estimate of drug-likeness (QED) is 0.446. The Balaban J connectivity index is 3.00. The van der Waals surface area contributed by atoms with Crippen LogP contribution in [-0.4, -0.2) is 11.2 Å². The van der Waals surface area contributed by atoms with Crippen LogP contribution in [0.1, 0.15) is 5.56 Å². The van der Waals surface area contributed by atoms with Gasteiger partial charge in [0.15, 0.2) is 0 Å². The third-order valence-electron chi connectivity index (χ3n) is 1.46. The van der Waals surface area contributed by atoms with Crippen LogP contribution in [-0.2, 0) is 0 Å². The summed E-state index contributed by atoms with van der Waals surface area (Å²) >= 11 is 0. The van der Waals surface area contributed by atoms with Crippen molar-refractivity contribution in [2.24, 2.45) is 0 Å². The third kappa shape index (κ3) is 2.14. The van der Waals surface area contributed by atoms with Gasteiger partial charge in [-0.1, -0.05) is 5.92 Å². The molecule has 0 aliphatic heterocycles. The van der Waals surface area contributed by atoms with Crippen LogP contribution in [0.25, 0.3) is 0 Å². The lowest BCUT2D eigenvalue weighted by Gasteiger charge is -2.04. The predicted molar refractivity (Wildman–Crippen MR) is 50.4 cm³/mol. The molecule has 0 aliphatic carbocycles. The third-order valence-corrected chi connectivity index (χ3v) is 1.46. The van der Waals surface area contributed by atoms with Gasteiger partial charge in [-0.3, -0.25) is 5.32 Å². The number of nitrogens with two attached hydrogens (primary N) is 1. The Hall–Kier alpha value is -2.15. The minimum absolute atomic E-state index is 0.317. The first-order chi connectivity index (χ1) is 6.13. The molecule has 4 heteroatoms. The largest absolute Gasteiger partial charge is 0.465 e. The van der Waals surface area contributed by atoms with Gasteiger partial charge in [-0.05, 0) is 18.2 Å². The molecule has 0 saturated heterocycles. The highest BCUT2D eigenvalue weighted by molar-refractivity contribution is 5.87. The molecular formula is C9H8N2O2. The van der Waals surface area contributed by atoms with Gasteiger partial charge in [0.25, 0.3) is 0 Å². The zero-order chi connectivity index (χ0) is 9.84. The molecular weight excluding hydrogens is 168 g/mol. The Kier molecular flexibility index (Phi) is 2.41. The topological polar surface area (TPSA) is 75.3 Å². The zero-order valence-corrected chi connectivity index (χ0v) is 6.74. The summed E-state index contributed by atoms with van der Waals surface area (Å²) in [6.45, 7) is 0. The minimum atomic E-state index is -1.15. The lowest BCUT2D eigenvalue weighted by molar-refractivity contribution is 0.210. The summed E-state index contributed by atoms with van der Waals surface area (Å²) in [5.74, 6) is 2.39. The Bertz CT molecular complexity index is 380. The van der Waals surface area contributed by atoms with Gasteiger partial charge >= 0.3 is 6.09 Å². The normalized spacial score (nSPS) is 8.85. The van der Waals surface area contributed by atoms with E-state index < -0.39 is 6.09 Å². The van der Waals surface area contributed by atoms with Gasteiger partial charge in [0, 0.05) is 5.56 Å². The van der Waals surface area contributed by atoms with Gasteiger partial charge < -0.3 is 10.8 Å². The number of carboxylic acid groups (broad SMARTS) is 1. The maximum atomic E-state index is 10.3. The van der Waals surface area contributed by atoms with E-state index >= 15 is 0 Å². The van der Waals surface area contributed by atoms with Crippen LogP contribution < -0.4 is 11.1 Å². The summed E-state index contributed by atoms with van der Waals surface area (Å²) in [6.07, 6.45) is 3.98. The average Bonchev–Trinajstić information content (AvgIpc) is 2.08. The monoisotopic (exact) mass is 176 g/mol. The van der Waals surface area contributed by atoms with Crippen molar-refractivity contribution in [1.29, 1.82) is 0 Å². The smallest absolute Gasteiger partial charge is 0.409 e. The highest BCUT2D eigenvalue weighted by atomic mass is 16.4. The van der Waals surface area contributed by atoms with E-state index in [-0.39, 0.29) is 0 Å². The van der Waals surface area contributed by atoms with Crippen LogP contribution in [0.4, 0.5) is 16.2 Å². The van der Waals surface area contributed by atoms with Crippen LogP contribution in [0.2, 0.25) is 0 Å². The molecule has 0 spiro atoms. The molecule has 0 fully saturated rings. The summed E-state index contributed by atoms with van der Waals surface area (Å²) in [5, 5.41) is 10.6. The number of benzene rings is 1. The van der Waals surface area contributed by atoms with E-state index in [2.05, 4.69) is 11.2 Å². The van der Waals surface area contributed by atoms with E-state index in [0.717, 1.165) is 0 Å². The average molecular weight is 176 g/mol. The first kappa shape index (κ1) is 8.94. The van der Waals surface area contributed by atoms with Gasteiger partial charge in [0.1, 0.15) is 0 Å². The minimum Gasteiger partial charge on any atom is -0.465 e. The fourth-order valence-corrected chi connectivity index (χ4v) is 0.882. The molecule has 1 aromatic rings. The Morgan fingerprint density at radius 1 is 1.62 bits per heavy atom. The van der Waals surface area contributed by atoms with E-state index in [1.165, 1.54) is 12.1 Å². The number of nitrogen functional groups attached to an aromatic ring is 1. The van der Waals surface area contributed by atoms with Crippen molar-refractivity contribution in [2.45, 2.75) is 0 Å². The molecule has 0 aliphatic rings. The maximum Gasteiger partial charge on any atom is 0.409 e. The summed E-state index contributed by atoms with van der Waals surface area (Å²) < 4.78 is 0. The molecule has 0 heterocycles. The lowest BCUT2D eigenvalue weighted by Crippen LogP contribution is -2.09. The number of nitrogens with one attached hydrogen (secondary N) is 1. The SMILES string of the molecule is C#Cc1ccc(NC(=O)O)c(N)c1. The number of terminal acetylenes is 1. The Labute approximate surface area is 75.4 Å². The van der Waals surface area contributed by atoms with Crippen LogP contribution >= 0.6 is 0 Å². The van der Waals surface area contributed by atoms with E-state index in [9.17, 15) is 4.79 Å². The number of hydrogen-bond donors (Lipinski definition) is 3. The Morgan fingerprint density at radius 2 is 2.31 bits per heavy atom. The molecule has 0 saturated carbocycles. The fraction of sp³-hybridized carbons (Fsp3) is 0. The fourth-order valence-electron chi connectivity index (χ4n) is 0.882. The van der Waals surface area contributed by atoms with Crippen LogP contribution in [0, 0.1) is 12.3 Å². The molecule has 1 rings (SSSR count). The van der Waals surface area contributed by atoms with Gasteiger partial charge in [-0.15, -0.1) is 6.42 Å². The van der Waals surface area contributed by atoms with Crippen molar-refractivity contribution < 1.29 is 9.90 Å². The molecule has 0 unspecified atom stereocenters. The predicted octanol–water partition coefficient (Wildman–Crippen LogP) is 1.34. The van der Waals surface area contributed by atoms with E-state index in [1.807, 2.05) is 0 Å². The summed E-state index contributed by atoms with van der Waals surface area (Å²) in [5.41, 5.74) is 6.80.